The highest BCUT2D eigenvalue weighted by Crippen LogP contribution is 2.37. The van der Waals surface area contributed by atoms with Crippen LogP contribution in [0.2, 0.25) is 0 Å². The van der Waals surface area contributed by atoms with Crippen LogP contribution in [-0.4, -0.2) is 27.9 Å². The van der Waals surface area contributed by atoms with Crippen molar-refractivity contribution in [2.24, 2.45) is 0 Å². The van der Waals surface area contributed by atoms with Gasteiger partial charge in [-0.05, 0) is 37.3 Å². The molecule has 0 spiro atoms. The molecular formula is C23H25N3O3S. The number of carbonyl (C=O) groups excluding carboxylic acids is 2. The van der Waals surface area contributed by atoms with E-state index in [0.29, 0.717) is 16.5 Å². The van der Waals surface area contributed by atoms with E-state index in [2.05, 4.69) is 41.3 Å². The number of hydrogen-bond acceptors (Lipinski definition) is 6. The third-order valence-corrected chi connectivity index (χ3v) is 5.66. The second-order valence-corrected chi connectivity index (χ2v) is 8.16. The zero-order valence-electron chi connectivity index (χ0n) is 17.5. The van der Waals surface area contributed by atoms with Gasteiger partial charge in [0.25, 0.3) is 5.91 Å². The molecule has 6 nitrogen and oxygen atoms in total. The normalized spacial score (nSPS) is 11.9. The van der Waals surface area contributed by atoms with Crippen molar-refractivity contribution in [1.29, 1.82) is 0 Å². The van der Waals surface area contributed by atoms with E-state index in [1.807, 2.05) is 17.5 Å². The van der Waals surface area contributed by atoms with Gasteiger partial charge in [0.15, 0.2) is 0 Å². The molecular weight excluding hydrogens is 398 g/mol. The van der Waals surface area contributed by atoms with Crippen molar-refractivity contribution >= 4 is 28.2 Å². The molecule has 7 heteroatoms. The molecule has 2 heterocycles. The number of anilines is 1. The van der Waals surface area contributed by atoms with E-state index in [0.717, 1.165) is 17.5 Å². The Morgan fingerprint density at radius 1 is 1.13 bits per heavy atom. The number of nitrogens with one attached hydrogen (secondary N) is 1. The summed E-state index contributed by atoms with van der Waals surface area (Å²) in [4.78, 5) is 33.4. The molecule has 0 radical (unpaired) electrons. The van der Waals surface area contributed by atoms with E-state index in [9.17, 15) is 9.59 Å². The fraction of sp³-hybridized carbons (Fsp3) is 0.304. The zero-order chi connectivity index (χ0) is 21.7. The molecule has 1 N–H and O–H groups in total. The number of nitrogens with zero attached hydrogens (tertiary/aromatic N) is 2. The Labute approximate surface area is 180 Å². The van der Waals surface area contributed by atoms with E-state index >= 15 is 0 Å². The number of amides is 1. The monoisotopic (exact) mass is 423 g/mol. The number of benzene rings is 1. The summed E-state index contributed by atoms with van der Waals surface area (Å²) in [5, 5.41) is 5.08. The smallest absolute Gasteiger partial charge is 0.342 e. The van der Waals surface area contributed by atoms with Gasteiger partial charge in [0, 0.05) is 23.3 Å². The molecule has 0 aliphatic rings. The Balaban J connectivity index is 1.97. The average Bonchev–Trinajstić information content (AvgIpc) is 3.17. The number of carbonyl (C=O) groups is 2. The Morgan fingerprint density at radius 2 is 1.87 bits per heavy atom. The predicted molar refractivity (Wildman–Crippen MR) is 119 cm³/mol. The summed E-state index contributed by atoms with van der Waals surface area (Å²) in [6, 6.07) is 8.17. The molecule has 1 amide bonds. The number of aromatic nitrogens is 2. The molecule has 0 aliphatic heterocycles. The number of ether oxygens (including phenoxy) is 1. The van der Waals surface area contributed by atoms with Crippen LogP contribution in [0.15, 0.2) is 48.2 Å². The van der Waals surface area contributed by atoms with Gasteiger partial charge in [-0.2, -0.15) is 0 Å². The average molecular weight is 424 g/mol. The second kappa shape index (κ2) is 9.63. The van der Waals surface area contributed by atoms with E-state index in [-0.39, 0.29) is 11.8 Å². The Kier molecular flexibility index (Phi) is 6.95. The van der Waals surface area contributed by atoms with E-state index < -0.39 is 11.9 Å². The van der Waals surface area contributed by atoms with Gasteiger partial charge in [0.2, 0.25) is 0 Å². The SMILES string of the molecule is CC[C@@H](C)c1ccc(-c2csc(NC(=O)c3cnccn3)c2C(=O)OC(C)C)cc1. The zero-order valence-corrected chi connectivity index (χ0v) is 18.3. The van der Waals surface area contributed by atoms with E-state index in [1.54, 1.807) is 13.8 Å². The molecule has 0 bridgehead atoms. The number of thiophene rings is 1. The lowest BCUT2D eigenvalue weighted by Gasteiger charge is -2.13. The Hall–Kier alpha value is -3.06. The molecule has 1 aromatic carbocycles. The van der Waals surface area contributed by atoms with Crippen molar-refractivity contribution in [3.63, 3.8) is 0 Å². The summed E-state index contributed by atoms with van der Waals surface area (Å²) < 4.78 is 5.45. The van der Waals surface area contributed by atoms with Crippen LogP contribution in [0, 0.1) is 0 Å². The second-order valence-electron chi connectivity index (χ2n) is 7.28. The third kappa shape index (κ3) is 4.91. The number of rotatable bonds is 7. The molecule has 0 fully saturated rings. The minimum absolute atomic E-state index is 0.175. The van der Waals surface area contributed by atoms with Gasteiger partial charge in [0.05, 0.1) is 12.3 Å². The standard InChI is InChI=1S/C23H25N3O3S/c1-5-15(4)16-6-8-17(9-7-16)18-13-30-22(20(18)23(28)29-14(2)3)26-21(27)19-12-24-10-11-25-19/h6-15H,5H2,1-4H3,(H,26,27)/t15-/m1/s1. The molecule has 0 saturated carbocycles. The van der Waals surface area contributed by atoms with Crippen LogP contribution in [0.3, 0.4) is 0 Å². The fourth-order valence-electron chi connectivity index (χ4n) is 2.95. The van der Waals surface area contributed by atoms with Gasteiger partial charge < -0.3 is 10.1 Å². The van der Waals surface area contributed by atoms with Crippen LogP contribution in [-0.2, 0) is 4.74 Å². The van der Waals surface area contributed by atoms with Crippen molar-refractivity contribution in [1.82, 2.24) is 9.97 Å². The van der Waals surface area contributed by atoms with Crippen molar-refractivity contribution < 1.29 is 14.3 Å². The van der Waals surface area contributed by atoms with Gasteiger partial charge in [-0.25, -0.2) is 9.78 Å². The van der Waals surface area contributed by atoms with Gasteiger partial charge in [-0.15, -0.1) is 11.3 Å². The van der Waals surface area contributed by atoms with Crippen LogP contribution in [0.5, 0.6) is 0 Å². The number of esters is 1. The lowest BCUT2D eigenvalue weighted by Crippen LogP contribution is -2.17. The summed E-state index contributed by atoms with van der Waals surface area (Å²) in [7, 11) is 0. The quantitative estimate of drug-likeness (QED) is 0.505. The van der Waals surface area contributed by atoms with Crippen molar-refractivity contribution in [3.8, 4) is 11.1 Å². The van der Waals surface area contributed by atoms with Gasteiger partial charge in [-0.3, -0.25) is 9.78 Å². The molecule has 1 atom stereocenters. The minimum atomic E-state index is -0.471. The molecule has 0 saturated heterocycles. The van der Waals surface area contributed by atoms with Crippen LogP contribution in [0.4, 0.5) is 5.00 Å². The summed E-state index contributed by atoms with van der Waals surface area (Å²) in [6.07, 6.45) is 5.10. The number of hydrogen-bond donors (Lipinski definition) is 1. The third-order valence-electron chi connectivity index (χ3n) is 4.76. The highest BCUT2D eigenvalue weighted by molar-refractivity contribution is 7.15. The molecule has 2 aromatic heterocycles. The maximum Gasteiger partial charge on any atom is 0.342 e. The molecule has 156 valence electrons. The van der Waals surface area contributed by atoms with Crippen LogP contribution >= 0.6 is 11.3 Å². The molecule has 0 unspecified atom stereocenters. The van der Waals surface area contributed by atoms with Crippen LogP contribution in [0.1, 0.15) is 66.4 Å². The van der Waals surface area contributed by atoms with Crippen LogP contribution < -0.4 is 5.32 Å². The summed E-state index contributed by atoms with van der Waals surface area (Å²) in [5.74, 6) is -0.433. The van der Waals surface area contributed by atoms with E-state index in [4.69, 9.17) is 4.74 Å². The fourth-order valence-corrected chi connectivity index (χ4v) is 3.90. The maximum atomic E-state index is 12.9. The van der Waals surface area contributed by atoms with Gasteiger partial charge >= 0.3 is 5.97 Å². The minimum Gasteiger partial charge on any atom is -0.459 e. The Bertz CT molecular complexity index is 1010. The van der Waals surface area contributed by atoms with Gasteiger partial charge in [-0.1, -0.05) is 38.1 Å². The highest BCUT2D eigenvalue weighted by Gasteiger charge is 2.24. The highest BCUT2D eigenvalue weighted by atomic mass is 32.1. The molecule has 3 rings (SSSR count). The predicted octanol–water partition coefficient (Wildman–Crippen LogP) is 5.54. The summed E-state index contributed by atoms with van der Waals surface area (Å²) >= 11 is 1.28. The van der Waals surface area contributed by atoms with Crippen molar-refractivity contribution in [2.45, 2.75) is 46.1 Å². The topological polar surface area (TPSA) is 81.2 Å². The summed E-state index contributed by atoms with van der Waals surface area (Å²) in [6.45, 7) is 7.93. The van der Waals surface area contributed by atoms with Crippen LogP contribution in [0.25, 0.3) is 11.1 Å². The first-order valence-electron chi connectivity index (χ1n) is 9.90. The lowest BCUT2D eigenvalue weighted by atomic mass is 9.95. The molecule has 0 aliphatic carbocycles. The maximum absolute atomic E-state index is 12.9. The first-order valence-corrected chi connectivity index (χ1v) is 10.8. The Morgan fingerprint density at radius 3 is 2.47 bits per heavy atom. The molecule has 30 heavy (non-hydrogen) atoms. The first kappa shape index (κ1) is 21.6. The van der Waals surface area contributed by atoms with Gasteiger partial charge in [0.1, 0.15) is 16.3 Å². The van der Waals surface area contributed by atoms with Crippen molar-refractivity contribution in [3.05, 3.63) is 65.1 Å². The lowest BCUT2D eigenvalue weighted by molar-refractivity contribution is 0.0380. The largest absolute Gasteiger partial charge is 0.459 e. The molecule has 3 aromatic rings. The summed E-state index contributed by atoms with van der Waals surface area (Å²) in [5.41, 5.74) is 3.40. The van der Waals surface area contributed by atoms with Crippen molar-refractivity contribution in [2.75, 3.05) is 5.32 Å². The van der Waals surface area contributed by atoms with E-state index in [1.165, 1.54) is 35.5 Å². The first-order chi connectivity index (χ1) is 14.4.